The first-order valence-corrected chi connectivity index (χ1v) is 8.03. The van der Waals surface area contributed by atoms with Crippen LogP contribution in [0.1, 0.15) is 36.5 Å². The fourth-order valence-corrected chi connectivity index (χ4v) is 2.83. The molecule has 1 saturated heterocycles. The predicted octanol–water partition coefficient (Wildman–Crippen LogP) is 1.14. The summed E-state index contributed by atoms with van der Waals surface area (Å²) >= 11 is 0. The number of hydrogen-bond donors (Lipinski definition) is 2. The first-order valence-electron chi connectivity index (χ1n) is 8.03. The van der Waals surface area contributed by atoms with Crippen molar-refractivity contribution in [3.05, 3.63) is 29.8 Å². The molecule has 1 fully saturated rings. The van der Waals surface area contributed by atoms with Crippen molar-refractivity contribution in [3.8, 4) is 5.75 Å². The molecule has 1 unspecified atom stereocenters. The Labute approximate surface area is 136 Å². The van der Waals surface area contributed by atoms with Gasteiger partial charge in [-0.1, -0.05) is 6.07 Å². The van der Waals surface area contributed by atoms with E-state index in [1.54, 1.807) is 24.3 Å². The Bertz CT molecular complexity index is 552. The zero-order valence-electron chi connectivity index (χ0n) is 13.5. The van der Waals surface area contributed by atoms with Gasteiger partial charge in [0, 0.05) is 24.7 Å². The summed E-state index contributed by atoms with van der Waals surface area (Å²) in [6, 6.07) is 6.85. The van der Waals surface area contributed by atoms with E-state index in [0.29, 0.717) is 23.7 Å². The second kappa shape index (κ2) is 7.97. The normalized spacial score (nSPS) is 16.9. The van der Waals surface area contributed by atoms with Crippen LogP contribution in [0.15, 0.2) is 24.3 Å². The number of nitrogens with zero attached hydrogens (tertiary/aromatic N) is 1. The van der Waals surface area contributed by atoms with Crippen molar-refractivity contribution >= 4 is 11.8 Å². The quantitative estimate of drug-likeness (QED) is 0.821. The van der Waals surface area contributed by atoms with Crippen molar-refractivity contribution in [3.63, 3.8) is 0 Å². The van der Waals surface area contributed by atoms with Crippen LogP contribution in [0.4, 0.5) is 0 Å². The van der Waals surface area contributed by atoms with Gasteiger partial charge in [-0.05, 0) is 43.9 Å². The smallest absolute Gasteiger partial charge is 0.248 e. The van der Waals surface area contributed by atoms with E-state index in [-0.39, 0.29) is 18.6 Å². The molecular formula is C17H25N3O3. The minimum absolute atomic E-state index is 0.0965. The lowest BCUT2D eigenvalue weighted by Gasteiger charge is -2.33. The highest BCUT2D eigenvalue weighted by molar-refractivity contribution is 5.93. The Hall–Kier alpha value is -2.08. The molecule has 0 spiro atoms. The fourth-order valence-electron chi connectivity index (χ4n) is 2.83. The Morgan fingerprint density at radius 3 is 2.65 bits per heavy atom. The first-order chi connectivity index (χ1) is 11.0. The van der Waals surface area contributed by atoms with Crippen LogP contribution in [0.25, 0.3) is 0 Å². The van der Waals surface area contributed by atoms with Crippen molar-refractivity contribution in [2.45, 2.75) is 32.2 Å². The van der Waals surface area contributed by atoms with Gasteiger partial charge < -0.3 is 21.1 Å². The van der Waals surface area contributed by atoms with Gasteiger partial charge in [-0.3, -0.25) is 9.59 Å². The number of ether oxygens (including phenoxy) is 1. The van der Waals surface area contributed by atoms with Crippen LogP contribution in [0, 0.1) is 5.92 Å². The minimum atomic E-state index is -0.497. The largest absolute Gasteiger partial charge is 0.493 e. The van der Waals surface area contributed by atoms with Crippen LogP contribution in [0.2, 0.25) is 0 Å². The maximum atomic E-state index is 12.2. The molecule has 2 rings (SSSR count). The molecule has 1 aliphatic rings. The Balaban J connectivity index is 1.75. The molecular weight excluding hydrogens is 294 g/mol. The van der Waals surface area contributed by atoms with Gasteiger partial charge in [-0.2, -0.15) is 0 Å². The number of carbonyl (C=O) groups is 2. The number of benzene rings is 1. The summed E-state index contributed by atoms with van der Waals surface area (Å²) in [6.07, 6.45) is 2.25. The number of nitrogens with two attached hydrogens (primary N) is 2. The lowest BCUT2D eigenvalue weighted by Crippen LogP contribution is -2.42. The van der Waals surface area contributed by atoms with Crippen LogP contribution < -0.4 is 16.2 Å². The van der Waals surface area contributed by atoms with Gasteiger partial charge in [0.2, 0.25) is 11.8 Å². The fraction of sp³-hybridized carbons (Fsp3) is 0.529. The molecule has 1 atom stereocenters. The van der Waals surface area contributed by atoms with Crippen molar-refractivity contribution in [1.82, 2.24) is 4.90 Å². The van der Waals surface area contributed by atoms with E-state index >= 15 is 0 Å². The van der Waals surface area contributed by atoms with Gasteiger partial charge in [0.15, 0.2) is 0 Å². The molecule has 1 heterocycles. The molecule has 0 aromatic heterocycles. The number of piperidine rings is 1. The van der Waals surface area contributed by atoms with E-state index in [1.807, 2.05) is 11.8 Å². The molecule has 1 aromatic rings. The molecule has 4 N–H and O–H groups in total. The molecule has 1 aromatic carbocycles. The van der Waals surface area contributed by atoms with E-state index in [0.717, 1.165) is 25.9 Å². The molecule has 0 bridgehead atoms. The third-order valence-corrected chi connectivity index (χ3v) is 4.34. The molecule has 1 aliphatic heterocycles. The SMILES string of the molecule is CC(N)C1CCN(C(=O)CCOc2cccc(C(N)=O)c2)CC1. The summed E-state index contributed by atoms with van der Waals surface area (Å²) in [4.78, 5) is 25.2. The average molecular weight is 319 g/mol. The van der Waals surface area contributed by atoms with Gasteiger partial charge >= 0.3 is 0 Å². The van der Waals surface area contributed by atoms with Gasteiger partial charge in [0.25, 0.3) is 0 Å². The van der Waals surface area contributed by atoms with Crippen LogP contribution in [-0.4, -0.2) is 42.5 Å². The topological polar surface area (TPSA) is 98.7 Å². The van der Waals surface area contributed by atoms with E-state index in [2.05, 4.69) is 0 Å². The van der Waals surface area contributed by atoms with Gasteiger partial charge in [0.1, 0.15) is 5.75 Å². The molecule has 0 saturated carbocycles. The molecule has 23 heavy (non-hydrogen) atoms. The molecule has 6 nitrogen and oxygen atoms in total. The summed E-state index contributed by atoms with van der Waals surface area (Å²) in [5.74, 6) is 0.652. The first kappa shape index (κ1) is 17.3. The number of carbonyl (C=O) groups excluding carboxylic acids is 2. The maximum absolute atomic E-state index is 12.2. The van der Waals surface area contributed by atoms with Crippen molar-refractivity contribution in [2.24, 2.45) is 17.4 Å². The van der Waals surface area contributed by atoms with Crippen LogP contribution in [-0.2, 0) is 4.79 Å². The lowest BCUT2D eigenvalue weighted by atomic mass is 9.91. The predicted molar refractivity (Wildman–Crippen MR) is 88.0 cm³/mol. The Morgan fingerprint density at radius 1 is 1.35 bits per heavy atom. The summed E-state index contributed by atoms with van der Waals surface area (Å²) in [5.41, 5.74) is 11.5. The third kappa shape index (κ3) is 4.96. The highest BCUT2D eigenvalue weighted by Gasteiger charge is 2.24. The number of primary amides is 1. The van der Waals surface area contributed by atoms with Crippen LogP contribution in [0.5, 0.6) is 5.75 Å². The number of hydrogen-bond acceptors (Lipinski definition) is 4. The average Bonchev–Trinajstić information content (AvgIpc) is 2.55. The zero-order valence-corrected chi connectivity index (χ0v) is 13.5. The van der Waals surface area contributed by atoms with Crippen molar-refractivity contribution in [2.75, 3.05) is 19.7 Å². The van der Waals surface area contributed by atoms with E-state index in [4.69, 9.17) is 16.2 Å². The van der Waals surface area contributed by atoms with E-state index < -0.39 is 5.91 Å². The van der Waals surface area contributed by atoms with Crippen LogP contribution >= 0.6 is 0 Å². The number of rotatable bonds is 6. The Kier molecular flexibility index (Phi) is 5.98. The monoisotopic (exact) mass is 319 g/mol. The highest BCUT2D eigenvalue weighted by atomic mass is 16.5. The van der Waals surface area contributed by atoms with Gasteiger partial charge in [-0.25, -0.2) is 0 Å². The summed E-state index contributed by atoms with van der Waals surface area (Å²) < 4.78 is 5.54. The summed E-state index contributed by atoms with van der Waals surface area (Å²) in [5, 5.41) is 0. The number of amides is 2. The summed E-state index contributed by atoms with van der Waals surface area (Å²) in [7, 11) is 0. The lowest BCUT2D eigenvalue weighted by molar-refractivity contribution is -0.133. The second-order valence-electron chi connectivity index (χ2n) is 6.07. The summed E-state index contributed by atoms with van der Waals surface area (Å²) in [6.45, 7) is 3.84. The van der Waals surface area contributed by atoms with Crippen molar-refractivity contribution in [1.29, 1.82) is 0 Å². The van der Waals surface area contributed by atoms with E-state index in [9.17, 15) is 9.59 Å². The molecule has 2 amide bonds. The number of likely N-dealkylation sites (tertiary alicyclic amines) is 1. The minimum Gasteiger partial charge on any atom is -0.493 e. The zero-order chi connectivity index (χ0) is 16.8. The second-order valence-corrected chi connectivity index (χ2v) is 6.07. The molecule has 126 valence electrons. The molecule has 0 radical (unpaired) electrons. The molecule has 0 aliphatic carbocycles. The highest BCUT2D eigenvalue weighted by Crippen LogP contribution is 2.20. The molecule has 6 heteroatoms. The van der Waals surface area contributed by atoms with Crippen LogP contribution in [0.3, 0.4) is 0 Å². The van der Waals surface area contributed by atoms with Crippen molar-refractivity contribution < 1.29 is 14.3 Å². The third-order valence-electron chi connectivity index (χ3n) is 4.34. The van der Waals surface area contributed by atoms with E-state index in [1.165, 1.54) is 0 Å². The standard InChI is InChI=1S/C17H25N3O3/c1-12(18)13-5-8-20(9-6-13)16(21)7-10-23-15-4-2-3-14(11-15)17(19)22/h2-4,11-13H,5-10,18H2,1H3,(H2,19,22). The maximum Gasteiger partial charge on any atom is 0.248 e. The Morgan fingerprint density at radius 2 is 2.04 bits per heavy atom. The van der Waals surface area contributed by atoms with Gasteiger partial charge in [-0.15, -0.1) is 0 Å². The van der Waals surface area contributed by atoms with Gasteiger partial charge in [0.05, 0.1) is 13.0 Å².